The van der Waals surface area contributed by atoms with Crippen molar-refractivity contribution in [1.82, 2.24) is 25.4 Å². The van der Waals surface area contributed by atoms with Crippen LogP contribution in [0.5, 0.6) is 0 Å². The number of carbonyl (C=O) groups excluding carboxylic acids is 2. The highest BCUT2D eigenvalue weighted by Gasteiger charge is 2.15. The molecule has 0 aliphatic heterocycles. The summed E-state index contributed by atoms with van der Waals surface area (Å²) in [7, 11) is 0. The molecule has 29 heavy (non-hydrogen) atoms. The molecule has 0 bridgehead atoms. The van der Waals surface area contributed by atoms with E-state index in [0.29, 0.717) is 26.5 Å². The van der Waals surface area contributed by atoms with E-state index in [9.17, 15) is 9.59 Å². The lowest BCUT2D eigenvalue weighted by molar-refractivity contribution is -0.114. The maximum atomic E-state index is 11.6. The summed E-state index contributed by atoms with van der Waals surface area (Å²) in [6, 6.07) is 6.52. The number of carbonyl (C=O) groups is 2. The van der Waals surface area contributed by atoms with E-state index in [2.05, 4.69) is 36.0 Å². The molecule has 4 aromatic rings. The van der Waals surface area contributed by atoms with E-state index in [-0.39, 0.29) is 17.3 Å². The third-order valence-corrected chi connectivity index (χ3v) is 5.13. The van der Waals surface area contributed by atoms with Crippen LogP contribution in [0.15, 0.2) is 30.5 Å². The van der Waals surface area contributed by atoms with E-state index in [1.54, 1.807) is 12.3 Å². The summed E-state index contributed by atoms with van der Waals surface area (Å²) in [6.45, 7) is 1.34. The van der Waals surface area contributed by atoms with Crippen LogP contribution in [0, 0.1) is 0 Å². The number of nitrogens with zero attached hydrogens (tertiary/aromatic N) is 4. The highest BCUT2D eigenvalue weighted by atomic mass is 35.5. The minimum atomic E-state index is -0.650. The first-order chi connectivity index (χ1) is 13.9. The second-order valence-electron chi connectivity index (χ2n) is 5.97. The number of amides is 2. The van der Waals surface area contributed by atoms with Gasteiger partial charge in [-0.2, -0.15) is 5.10 Å². The zero-order valence-corrected chi connectivity index (χ0v) is 16.4. The topological polar surface area (TPSA) is 152 Å². The number of benzene rings is 1. The number of hydrogen-bond donors (Lipinski definition) is 4. The van der Waals surface area contributed by atoms with Crippen LogP contribution in [-0.2, 0) is 4.79 Å². The first-order valence-electron chi connectivity index (χ1n) is 8.22. The monoisotopic (exact) mass is 428 g/mol. The van der Waals surface area contributed by atoms with Crippen molar-refractivity contribution in [2.75, 3.05) is 10.6 Å². The number of halogens is 1. The van der Waals surface area contributed by atoms with Gasteiger partial charge in [-0.05, 0) is 24.3 Å². The zero-order valence-electron chi connectivity index (χ0n) is 14.9. The van der Waals surface area contributed by atoms with Crippen molar-refractivity contribution in [2.24, 2.45) is 5.73 Å². The average Bonchev–Trinajstić information content (AvgIpc) is 3.33. The molecule has 0 spiro atoms. The lowest BCUT2D eigenvalue weighted by Crippen LogP contribution is -2.14. The van der Waals surface area contributed by atoms with Gasteiger partial charge in [0.25, 0.3) is 0 Å². The molecule has 0 fully saturated rings. The van der Waals surface area contributed by atoms with Crippen molar-refractivity contribution in [2.45, 2.75) is 6.92 Å². The summed E-state index contributed by atoms with van der Waals surface area (Å²) in [5, 5.41) is 22.8. The van der Waals surface area contributed by atoms with E-state index in [1.807, 2.05) is 6.07 Å². The molecule has 10 nitrogen and oxygen atoms in total. The molecular weight excluding hydrogens is 416 g/mol. The Morgan fingerprint density at radius 1 is 1.24 bits per heavy atom. The lowest BCUT2D eigenvalue weighted by Gasteiger charge is -2.06. The Morgan fingerprint density at radius 2 is 2.07 bits per heavy atom. The van der Waals surface area contributed by atoms with Crippen molar-refractivity contribution in [3.63, 3.8) is 0 Å². The Balaban J connectivity index is 1.66. The molecule has 4 rings (SSSR count). The van der Waals surface area contributed by atoms with E-state index in [4.69, 9.17) is 17.3 Å². The fraction of sp³-hybridized carbons (Fsp3) is 0.0588. The van der Waals surface area contributed by atoms with Crippen LogP contribution in [0.3, 0.4) is 0 Å². The molecule has 146 valence electrons. The number of pyridine rings is 1. The first kappa shape index (κ1) is 18.8. The van der Waals surface area contributed by atoms with Crippen LogP contribution in [0.1, 0.15) is 17.3 Å². The molecule has 0 aliphatic carbocycles. The molecule has 1 aromatic carbocycles. The minimum absolute atomic E-state index is 0.192. The summed E-state index contributed by atoms with van der Waals surface area (Å²) in [5.41, 5.74) is 7.38. The highest BCUT2D eigenvalue weighted by Crippen LogP contribution is 2.34. The van der Waals surface area contributed by atoms with Crippen molar-refractivity contribution in [3.05, 3.63) is 41.0 Å². The second kappa shape index (κ2) is 7.45. The average molecular weight is 429 g/mol. The van der Waals surface area contributed by atoms with Crippen LogP contribution in [-0.4, -0.2) is 37.2 Å². The van der Waals surface area contributed by atoms with E-state index < -0.39 is 5.91 Å². The number of nitrogens with two attached hydrogens (primary N) is 1. The lowest BCUT2D eigenvalue weighted by atomic mass is 10.2. The maximum absolute atomic E-state index is 11.6. The molecule has 3 heterocycles. The minimum Gasteiger partial charge on any atom is -0.366 e. The van der Waals surface area contributed by atoms with Gasteiger partial charge in [0.05, 0.1) is 22.4 Å². The predicted molar refractivity (Wildman–Crippen MR) is 110 cm³/mol. The Hall–Kier alpha value is -3.57. The number of primary amides is 1. The molecular formula is C17H13ClN8O2S. The van der Waals surface area contributed by atoms with Crippen LogP contribution in [0.25, 0.3) is 21.6 Å². The molecule has 0 aliphatic rings. The van der Waals surface area contributed by atoms with Crippen LogP contribution < -0.4 is 16.4 Å². The number of rotatable bonds is 5. The normalized spacial score (nSPS) is 10.8. The SMILES string of the molecule is CC(=O)Nc1cc(C(N)=O)cc(-c2nnc(Nc3ccc4[nH]ncc4c3Cl)s2)n1. The molecule has 0 saturated heterocycles. The Bertz CT molecular complexity index is 1250. The number of H-pyrrole nitrogens is 1. The largest absolute Gasteiger partial charge is 0.366 e. The van der Waals surface area contributed by atoms with Crippen LogP contribution in [0.4, 0.5) is 16.6 Å². The predicted octanol–water partition coefficient (Wildman–Crippen LogP) is 2.93. The summed E-state index contributed by atoms with van der Waals surface area (Å²) in [4.78, 5) is 27.2. The van der Waals surface area contributed by atoms with E-state index in [0.717, 1.165) is 10.9 Å². The molecule has 5 N–H and O–H groups in total. The first-order valence-corrected chi connectivity index (χ1v) is 9.42. The van der Waals surface area contributed by atoms with Gasteiger partial charge in [0.1, 0.15) is 11.5 Å². The zero-order chi connectivity index (χ0) is 20.5. The van der Waals surface area contributed by atoms with Crippen molar-refractivity contribution >= 4 is 62.3 Å². The number of fused-ring (bicyclic) bond motifs is 1. The second-order valence-corrected chi connectivity index (χ2v) is 7.32. The molecule has 0 unspecified atom stereocenters. The molecule has 0 saturated carbocycles. The third kappa shape index (κ3) is 3.86. The Kier molecular flexibility index (Phi) is 4.82. The highest BCUT2D eigenvalue weighted by molar-refractivity contribution is 7.18. The van der Waals surface area contributed by atoms with Gasteiger partial charge in [-0.1, -0.05) is 22.9 Å². The van der Waals surface area contributed by atoms with Crippen LogP contribution >= 0.6 is 22.9 Å². The van der Waals surface area contributed by atoms with Gasteiger partial charge >= 0.3 is 0 Å². The Morgan fingerprint density at radius 3 is 2.83 bits per heavy atom. The van der Waals surface area contributed by atoms with E-state index >= 15 is 0 Å². The summed E-state index contributed by atoms with van der Waals surface area (Å²) < 4.78 is 0. The van der Waals surface area contributed by atoms with Gasteiger partial charge in [-0.25, -0.2) is 4.98 Å². The molecule has 3 aromatic heterocycles. The molecule has 0 atom stereocenters. The van der Waals surface area contributed by atoms with Gasteiger partial charge in [-0.3, -0.25) is 14.7 Å². The fourth-order valence-corrected chi connectivity index (χ4v) is 3.58. The summed E-state index contributed by atoms with van der Waals surface area (Å²) in [5.74, 6) is -0.778. The molecule has 2 amide bonds. The van der Waals surface area contributed by atoms with E-state index in [1.165, 1.54) is 30.4 Å². The van der Waals surface area contributed by atoms with Gasteiger partial charge < -0.3 is 16.4 Å². The van der Waals surface area contributed by atoms with Crippen LogP contribution in [0.2, 0.25) is 5.02 Å². The standard InChI is InChI=1S/C17H13ClN8O2S/c1-7(27)21-13-5-8(15(19)28)4-12(22-13)16-25-26-17(29-16)23-11-3-2-10-9(14(11)18)6-20-24-10/h2-6H,1H3,(H2,19,28)(H,20,24)(H,23,26)(H,21,22,27). The van der Waals surface area contributed by atoms with Gasteiger partial charge in [0, 0.05) is 17.9 Å². The number of anilines is 3. The van der Waals surface area contributed by atoms with Crippen molar-refractivity contribution in [1.29, 1.82) is 0 Å². The fourth-order valence-electron chi connectivity index (χ4n) is 2.60. The van der Waals surface area contributed by atoms with Crippen molar-refractivity contribution in [3.8, 4) is 10.7 Å². The van der Waals surface area contributed by atoms with Gasteiger partial charge in [0.2, 0.25) is 16.9 Å². The number of aromatic nitrogens is 5. The number of nitrogens with one attached hydrogen (secondary N) is 3. The smallest absolute Gasteiger partial charge is 0.248 e. The number of aromatic amines is 1. The quantitative estimate of drug-likeness (QED) is 0.381. The Labute approximate surface area is 172 Å². The number of hydrogen-bond acceptors (Lipinski definition) is 8. The van der Waals surface area contributed by atoms with Gasteiger partial charge in [-0.15, -0.1) is 10.2 Å². The maximum Gasteiger partial charge on any atom is 0.248 e. The molecule has 0 radical (unpaired) electrons. The summed E-state index contributed by atoms with van der Waals surface area (Å²) >= 11 is 7.61. The van der Waals surface area contributed by atoms with Gasteiger partial charge in [0.15, 0.2) is 5.01 Å². The summed E-state index contributed by atoms with van der Waals surface area (Å²) in [6.07, 6.45) is 1.64. The third-order valence-electron chi connectivity index (χ3n) is 3.86. The molecule has 12 heteroatoms. The van der Waals surface area contributed by atoms with Crippen molar-refractivity contribution < 1.29 is 9.59 Å².